The summed E-state index contributed by atoms with van der Waals surface area (Å²) in [5, 5.41) is 5.18. The lowest BCUT2D eigenvalue weighted by molar-refractivity contribution is -0.114. The van der Waals surface area contributed by atoms with E-state index >= 15 is 0 Å². The van der Waals surface area contributed by atoms with E-state index in [2.05, 4.69) is 47.8 Å². The molecule has 0 radical (unpaired) electrons. The van der Waals surface area contributed by atoms with E-state index in [-0.39, 0.29) is 5.91 Å². The fraction of sp³-hybridized carbons (Fsp3) is 0.190. The maximum atomic E-state index is 11.7. The Morgan fingerprint density at radius 3 is 2.42 bits per heavy atom. The summed E-state index contributed by atoms with van der Waals surface area (Å²) in [4.78, 5) is 11.7. The van der Waals surface area contributed by atoms with Crippen LogP contribution in [0, 0.1) is 0 Å². The van der Waals surface area contributed by atoms with Gasteiger partial charge < -0.3 is 11.1 Å². The predicted octanol–water partition coefficient (Wildman–Crippen LogP) is 4.28. The molecule has 2 unspecified atom stereocenters. The van der Waals surface area contributed by atoms with E-state index in [1.165, 1.54) is 5.56 Å². The second-order valence-corrected chi connectivity index (χ2v) is 6.52. The zero-order valence-electron chi connectivity index (χ0n) is 13.6. The summed E-state index contributed by atoms with van der Waals surface area (Å²) in [5.74, 6) is 0.443. The summed E-state index contributed by atoms with van der Waals surface area (Å²) in [6.07, 6.45) is 1.08. The van der Waals surface area contributed by atoms with Gasteiger partial charge in [-0.05, 0) is 22.9 Å². The van der Waals surface area contributed by atoms with Crippen molar-refractivity contribution in [2.75, 3.05) is 5.32 Å². The van der Waals surface area contributed by atoms with Gasteiger partial charge >= 0.3 is 0 Å². The van der Waals surface area contributed by atoms with Crippen molar-refractivity contribution in [2.24, 2.45) is 5.73 Å². The quantitative estimate of drug-likeness (QED) is 0.758. The maximum absolute atomic E-state index is 11.7. The molecule has 2 atom stereocenters. The van der Waals surface area contributed by atoms with E-state index in [1.54, 1.807) is 6.92 Å². The second-order valence-electron chi connectivity index (χ2n) is 6.52. The van der Waals surface area contributed by atoms with Crippen molar-refractivity contribution in [3.63, 3.8) is 0 Å². The molecule has 120 valence electrons. The van der Waals surface area contributed by atoms with Gasteiger partial charge in [-0.1, -0.05) is 60.7 Å². The SMILES string of the molecule is CC(=O)Nc1c(-c2ccc(C3CC3N)cc2)ccc2ccccc12. The van der Waals surface area contributed by atoms with Crippen molar-refractivity contribution in [3.05, 3.63) is 66.2 Å². The molecule has 24 heavy (non-hydrogen) atoms. The molecule has 0 heterocycles. The Balaban J connectivity index is 1.81. The third-order valence-electron chi connectivity index (χ3n) is 4.72. The van der Waals surface area contributed by atoms with Crippen molar-refractivity contribution < 1.29 is 4.79 Å². The molecule has 3 aromatic carbocycles. The topological polar surface area (TPSA) is 55.1 Å². The van der Waals surface area contributed by atoms with Gasteiger partial charge in [0.05, 0.1) is 5.69 Å². The van der Waals surface area contributed by atoms with Gasteiger partial charge in [0, 0.05) is 29.8 Å². The molecule has 1 aliphatic rings. The number of hydrogen-bond acceptors (Lipinski definition) is 2. The zero-order valence-corrected chi connectivity index (χ0v) is 13.6. The molecule has 0 bridgehead atoms. The van der Waals surface area contributed by atoms with E-state index in [4.69, 9.17) is 5.73 Å². The van der Waals surface area contributed by atoms with Crippen LogP contribution in [0.2, 0.25) is 0 Å². The molecule has 4 rings (SSSR count). The molecule has 1 fully saturated rings. The molecule has 3 N–H and O–H groups in total. The smallest absolute Gasteiger partial charge is 0.221 e. The molecule has 0 aromatic heterocycles. The molecule has 3 heteroatoms. The standard InChI is InChI=1S/C21H20N2O/c1-13(24)23-21-17-5-3-2-4-14(17)10-11-18(21)15-6-8-16(9-7-15)19-12-20(19)22/h2-11,19-20H,12,22H2,1H3,(H,23,24). The number of hydrogen-bond donors (Lipinski definition) is 2. The number of nitrogens with two attached hydrogens (primary N) is 1. The van der Waals surface area contributed by atoms with Crippen LogP contribution in [-0.4, -0.2) is 11.9 Å². The highest BCUT2D eigenvalue weighted by Gasteiger charge is 2.34. The van der Waals surface area contributed by atoms with Crippen molar-refractivity contribution in [2.45, 2.75) is 25.3 Å². The van der Waals surface area contributed by atoms with Gasteiger partial charge in [-0.2, -0.15) is 0 Å². The largest absolute Gasteiger partial charge is 0.327 e. The van der Waals surface area contributed by atoms with Gasteiger partial charge in [0.25, 0.3) is 0 Å². The van der Waals surface area contributed by atoms with Crippen LogP contribution in [-0.2, 0) is 4.79 Å². The molecule has 0 aliphatic heterocycles. The van der Waals surface area contributed by atoms with Crippen LogP contribution >= 0.6 is 0 Å². The van der Waals surface area contributed by atoms with Crippen molar-refractivity contribution in [1.82, 2.24) is 0 Å². The molecular formula is C21H20N2O. The van der Waals surface area contributed by atoms with Crippen molar-refractivity contribution in [3.8, 4) is 11.1 Å². The number of carbonyl (C=O) groups excluding carboxylic acids is 1. The lowest BCUT2D eigenvalue weighted by Crippen LogP contribution is -2.07. The first-order valence-electron chi connectivity index (χ1n) is 8.29. The molecule has 0 spiro atoms. The Morgan fingerprint density at radius 2 is 1.75 bits per heavy atom. The van der Waals surface area contributed by atoms with Crippen molar-refractivity contribution in [1.29, 1.82) is 0 Å². The highest BCUT2D eigenvalue weighted by molar-refractivity contribution is 6.07. The van der Waals surface area contributed by atoms with Crippen LogP contribution in [0.15, 0.2) is 60.7 Å². The van der Waals surface area contributed by atoms with Crippen LogP contribution < -0.4 is 11.1 Å². The molecule has 0 saturated heterocycles. The van der Waals surface area contributed by atoms with E-state index < -0.39 is 0 Å². The Hall–Kier alpha value is -2.65. The summed E-state index contributed by atoms with van der Waals surface area (Å²) >= 11 is 0. The molecule has 1 amide bonds. The first-order chi connectivity index (χ1) is 11.6. The minimum absolute atomic E-state index is 0.0619. The van der Waals surface area contributed by atoms with Gasteiger partial charge in [-0.3, -0.25) is 4.79 Å². The fourth-order valence-electron chi connectivity index (χ4n) is 3.33. The summed E-state index contributed by atoms with van der Waals surface area (Å²) < 4.78 is 0. The normalized spacial score (nSPS) is 19.2. The van der Waals surface area contributed by atoms with Gasteiger partial charge in [0.1, 0.15) is 0 Å². The number of fused-ring (bicyclic) bond motifs is 1. The van der Waals surface area contributed by atoms with Crippen LogP contribution in [0.3, 0.4) is 0 Å². The minimum atomic E-state index is -0.0619. The fourth-order valence-corrected chi connectivity index (χ4v) is 3.33. The van der Waals surface area contributed by atoms with Gasteiger partial charge in [0.15, 0.2) is 0 Å². The number of carbonyl (C=O) groups is 1. The molecule has 3 aromatic rings. The van der Waals surface area contributed by atoms with Crippen molar-refractivity contribution >= 4 is 22.4 Å². The third kappa shape index (κ3) is 2.68. The highest BCUT2D eigenvalue weighted by atomic mass is 16.1. The Labute approximate surface area is 141 Å². The van der Waals surface area contributed by atoms with E-state index in [0.29, 0.717) is 12.0 Å². The average Bonchev–Trinajstić information content (AvgIpc) is 3.32. The first-order valence-corrected chi connectivity index (χ1v) is 8.29. The van der Waals surface area contributed by atoms with Crippen LogP contribution in [0.1, 0.15) is 24.8 Å². The average molecular weight is 316 g/mol. The Morgan fingerprint density at radius 1 is 1.04 bits per heavy atom. The third-order valence-corrected chi connectivity index (χ3v) is 4.72. The molecule has 1 saturated carbocycles. The zero-order chi connectivity index (χ0) is 16.7. The molecule has 3 nitrogen and oxygen atoms in total. The summed E-state index contributed by atoms with van der Waals surface area (Å²) in [6.45, 7) is 1.54. The number of rotatable bonds is 3. The van der Waals surface area contributed by atoms with Gasteiger partial charge in [-0.25, -0.2) is 0 Å². The number of amides is 1. The van der Waals surface area contributed by atoms with Gasteiger partial charge in [0.2, 0.25) is 5.91 Å². The number of benzene rings is 3. The maximum Gasteiger partial charge on any atom is 0.221 e. The number of nitrogens with one attached hydrogen (secondary N) is 1. The summed E-state index contributed by atoms with van der Waals surface area (Å²) in [5.41, 5.74) is 10.2. The van der Waals surface area contributed by atoms with E-state index in [9.17, 15) is 4.79 Å². The van der Waals surface area contributed by atoms with E-state index in [1.807, 2.05) is 18.2 Å². The lowest BCUT2D eigenvalue weighted by Gasteiger charge is -2.14. The highest BCUT2D eigenvalue weighted by Crippen LogP contribution is 2.40. The summed E-state index contributed by atoms with van der Waals surface area (Å²) in [6, 6.07) is 21.1. The summed E-state index contributed by atoms with van der Waals surface area (Å²) in [7, 11) is 0. The monoisotopic (exact) mass is 316 g/mol. The molecular weight excluding hydrogens is 296 g/mol. The Bertz CT molecular complexity index is 915. The minimum Gasteiger partial charge on any atom is -0.327 e. The predicted molar refractivity (Wildman–Crippen MR) is 99.0 cm³/mol. The first kappa shape index (κ1) is 14.9. The second kappa shape index (κ2) is 5.77. The van der Waals surface area contributed by atoms with Gasteiger partial charge in [-0.15, -0.1) is 0 Å². The Kier molecular flexibility index (Phi) is 3.58. The van der Waals surface area contributed by atoms with Crippen LogP contribution in [0.5, 0.6) is 0 Å². The molecule has 1 aliphatic carbocycles. The van der Waals surface area contributed by atoms with Crippen LogP contribution in [0.25, 0.3) is 21.9 Å². The number of anilines is 1. The van der Waals surface area contributed by atoms with Crippen LogP contribution in [0.4, 0.5) is 5.69 Å². The lowest BCUT2D eigenvalue weighted by atomic mass is 9.97. The van der Waals surface area contributed by atoms with E-state index in [0.717, 1.165) is 34.0 Å².